The summed E-state index contributed by atoms with van der Waals surface area (Å²) in [5.74, 6) is 0. The molecule has 0 aliphatic rings. The number of benzene rings is 10. The molecule has 65 heavy (non-hydrogen) atoms. The fourth-order valence-electron chi connectivity index (χ4n) is 10.4. The molecule has 0 saturated carbocycles. The van der Waals surface area contributed by atoms with E-state index in [-0.39, 0.29) is 0 Å². The molecule has 0 amide bonds. The summed E-state index contributed by atoms with van der Waals surface area (Å²) < 4.78 is 2.59. The molecule has 13 aromatic rings. The summed E-state index contributed by atoms with van der Waals surface area (Å²) in [6.07, 6.45) is 7.56. The van der Waals surface area contributed by atoms with Gasteiger partial charge in [0.2, 0.25) is 0 Å². The Morgan fingerprint density at radius 3 is 1.20 bits per heavy atom. The summed E-state index contributed by atoms with van der Waals surface area (Å²) in [6, 6.07) is 75.9. The van der Waals surface area contributed by atoms with E-state index >= 15 is 0 Å². The highest BCUT2D eigenvalue weighted by atomic mass is 32.1. The predicted molar refractivity (Wildman–Crippen MR) is 278 cm³/mol. The zero-order valence-corrected chi connectivity index (χ0v) is 36.1. The molecule has 0 spiro atoms. The minimum atomic E-state index is 1.08. The van der Waals surface area contributed by atoms with Crippen LogP contribution in [0.15, 0.2) is 231 Å². The largest absolute Gasteiger partial charge is 0.264 e. The van der Waals surface area contributed by atoms with Gasteiger partial charge in [-0.25, -0.2) is 0 Å². The Kier molecular flexibility index (Phi) is 8.75. The van der Waals surface area contributed by atoms with Gasteiger partial charge in [0.1, 0.15) is 0 Å². The van der Waals surface area contributed by atoms with Gasteiger partial charge >= 0.3 is 0 Å². The van der Waals surface area contributed by atoms with Crippen molar-refractivity contribution in [1.82, 2.24) is 9.97 Å². The molecular weight excluding hydrogens is 805 g/mol. The van der Waals surface area contributed by atoms with Crippen molar-refractivity contribution in [1.29, 1.82) is 0 Å². The molecule has 0 radical (unpaired) electrons. The summed E-state index contributed by atoms with van der Waals surface area (Å²) in [4.78, 5) is 8.98. The van der Waals surface area contributed by atoms with Gasteiger partial charge in [-0.15, -0.1) is 11.3 Å². The van der Waals surface area contributed by atoms with Crippen LogP contribution in [0.3, 0.4) is 0 Å². The van der Waals surface area contributed by atoms with Crippen LogP contribution < -0.4 is 0 Å². The molecule has 2 nitrogen and oxygen atoms in total. The first-order valence-corrected chi connectivity index (χ1v) is 22.9. The normalized spacial score (nSPS) is 11.7. The van der Waals surface area contributed by atoms with Gasteiger partial charge in [0.15, 0.2) is 0 Å². The fourth-order valence-corrected chi connectivity index (χ4v) is 11.7. The van der Waals surface area contributed by atoms with E-state index in [1.807, 2.05) is 48.3 Å². The lowest BCUT2D eigenvalue weighted by Crippen LogP contribution is -1.92. The van der Waals surface area contributed by atoms with Gasteiger partial charge in [-0.2, -0.15) is 0 Å². The van der Waals surface area contributed by atoms with Gasteiger partial charge < -0.3 is 0 Å². The molecule has 13 rings (SSSR count). The monoisotopic (exact) mass is 842 g/mol. The number of pyridine rings is 2. The molecular formula is C62H38N2S. The summed E-state index contributed by atoms with van der Waals surface area (Å²) >= 11 is 1.91. The minimum absolute atomic E-state index is 1.08. The molecule has 3 heterocycles. The van der Waals surface area contributed by atoms with E-state index < -0.39 is 0 Å². The Hall–Kier alpha value is -8.24. The lowest BCUT2D eigenvalue weighted by Gasteiger charge is -2.19. The van der Waals surface area contributed by atoms with E-state index in [1.54, 1.807) is 0 Å². The second kappa shape index (κ2) is 15.2. The van der Waals surface area contributed by atoms with Crippen LogP contribution in [0.5, 0.6) is 0 Å². The predicted octanol–water partition coefficient (Wildman–Crippen LogP) is 17.5. The standard InChI is InChI=1S/C62H38N2S/c1-2-15-39(16-3-1)58-51-23-8-10-25-53(51)61(54-26-11-9-24-52(54)58)56-28-12-27-55-46-30-29-40(36-57(46)65-62(55)56)59-47-19-4-6-21-49(47)60(50-22-7-5-20-48(50)59)45-34-43(41-17-13-31-63-37-41)33-44(35-45)42-18-14-32-64-38-42/h1-38H. The summed E-state index contributed by atoms with van der Waals surface area (Å²) in [5, 5.41) is 12.6. The lowest BCUT2D eigenvalue weighted by atomic mass is 9.84. The van der Waals surface area contributed by atoms with Crippen molar-refractivity contribution in [3.8, 4) is 66.8 Å². The number of nitrogens with zero attached hydrogens (tertiary/aromatic N) is 2. The van der Waals surface area contributed by atoms with Crippen LogP contribution >= 0.6 is 11.3 Å². The Morgan fingerprint density at radius 2 is 0.692 bits per heavy atom. The number of aromatic nitrogens is 2. The van der Waals surface area contributed by atoms with Gasteiger partial charge in [-0.3, -0.25) is 9.97 Å². The molecule has 0 bridgehead atoms. The third kappa shape index (κ3) is 6.08. The highest BCUT2D eigenvalue weighted by Gasteiger charge is 2.22. The van der Waals surface area contributed by atoms with Crippen LogP contribution in [0.1, 0.15) is 0 Å². The van der Waals surface area contributed by atoms with Crippen molar-refractivity contribution in [3.05, 3.63) is 231 Å². The first-order valence-electron chi connectivity index (χ1n) is 22.1. The maximum atomic E-state index is 4.49. The minimum Gasteiger partial charge on any atom is -0.264 e. The van der Waals surface area contributed by atoms with Gasteiger partial charge in [-0.1, -0.05) is 170 Å². The topological polar surface area (TPSA) is 25.8 Å². The third-order valence-electron chi connectivity index (χ3n) is 13.2. The van der Waals surface area contributed by atoms with E-state index in [9.17, 15) is 0 Å². The van der Waals surface area contributed by atoms with E-state index in [0.29, 0.717) is 0 Å². The Morgan fingerprint density at radius 1 is 0.262 bits per heavy atom. The Balaban J connectivity index is 1.03. The van der Waals surface area contributed by atoms with E-state index in [0.717, 1.165) is 27.8 Å². The zero-order valence-electron chi connectivity index (χ0n) is 35.2. The van der Waals surface area contributed by atoms with E-state index in [1.165, 1.54) is 102 Å². The summed E-state index contributed by atoms with van der Waals surface area (Å²) in [7, 11) is 0. The fraction of sp³-hybridized carbons (Fsp3) is 0. The average Bonchev–Trinajstić information content (AvgIpc) is 3.76. The van der Waals surface area contributed by atoms with Gasteiger partial charge in [0, 0.05) is 61.7 Å². The molecule has 0 N–H and O–H groups in total. The van der Waals surface area contributed by atoms with Gasteiger partial charge in [-0.05, 0) is 130 Å². The highest BCUT2D eigenvalue weighted by Crippen LogP contribution is 2.50. The van der Waals surface area contributed by atoms with Crippen LogP contribution in [-0.2, 0) is 0 Å². The molecule has 10 aromatic carbocycles. The molecule has 0 fully saturated rings. The second-order valence-corrected chi connectivity index (χ2v) is 17.9. The quantitative estimate of drug-likeness (QED) is 0.156. The smallest absolute Gasteiger partial charge is 0.0434 e. The van der Waals surface area contributed by atoms with Crippen LogP contribution in [0.2, 0.25) is 0 Å². The number of thiophene rings is 1. The van der Waals surface area contributed by atoms with Crippen LogP contribution in [0.4, 0.5) is 0 Å². The van der Waals surface area contributed by atoms with Crippen molar-refractivity contribution < 1.29 is 0 Å². The van der Waals surface area contributed by atoms with Crippen molar-refractivity contribution >= 4 is 74.6 Å². The van der Waals surface area contributed by atoms with Crippen LogP contribution in [0.25, 0.3) is 130 Å². The molecule has 0 saturated heterocycles. The van der Waals surface area contributed by atoms with Crippen molar-refractivity contribution in [2.75, 3.05) is 0 Å². The van der Waals surface area contributed by atoms with Gasteiger partial charge in [0.25, 0.3) is 0 Å². The molecule has 0 aliphatic heterocycles. The first-order chi connectivity index (χ1) is 32.3. The van der Waals surface area contributed by atoms with E-state index in [2.05, 4.69) is 204 Å². The average molecular weight is 843 g/mol. The first kappa shape index (κ1) is 37.3. The third-order valence-corrected chi connectivity index (χ3v) is 14.4. The van der Waals surface area contributed by atoms with Crippen molar-refractivity contribution in [3.63, 3.8) is 0 Å². The zero-order chi connectivity index (χ0) is 42.8. The summed E-state index contributed by atoms with van der Waals surface area (Å²) in [5.41, 5.74) is 14.3. The molecule has 3 heteroatoms. The molecule has 302 valence electrons. The second-order valence-electron chi connectivity index (χ2n) is 16.8. The molecule has 0 atom stereocenters. The highest BCUT2D eigenvalue weighted by molar-refractivity contribution is 7.26. The number of rotatable bonds is 6. The maximum absolute atomic E-state index is 4.49. The number of hydrogen-bond donors (Lipinski definition) is 0. The molecule has 0 aliphatic carbocycles. The van der Waals surface area contributed by atoms with Crippen molar-refractivity contribution in [2.45, 2.75) is 0 Å². The lowest BCUT2D eigenvalue weighted by molar-refractivity contribution is 1.32. The van der Waals surface area contributed by atoms with Crippen molar-refractivity contribution in [2.24, 2.45) is 0 Å². The maximum Gasteiger partial charge on any atom is 0.0434 e. The molecule has 0 unspecified atom stereocenters. The van der Waals surface area contributed by atoms with Crippen LogP contribution in [0, 0.1) is 0 Å². The SMILES string of the molecule is c1ccc(-c2c3ccccc3c(-c3cccc4c3sc3cc(-c5c6ccccc6c(-c6cc(-c7cccnc7)cc(-c7cccnc7)c6)c6ccccc56)ccc34)c3ccccc23)cc1. The number of hydrogen-bond acceptors (Lipinski definition) is 3. The molecule has 3 aromatic heterocycles. The van der Waals surface area contributed by atoms with Crippen LogP contribution in [-0.4, -0.2) is 9.97 Å². The van der Waals surface area contributed by atoms with Gasteiger partial charge in [0.05, 0.1) is 0 Å². The Bertz CT molecular complexity index is 3810. The van der Waals surface area contributed by atoms with E-state index in [4.69, 9.17) is 0 Å². The Labute approximate surface area is 380 Å². The number of fused-ring (bicyclic) bond motifs is 7. The summed E-state index contributed by atoms with van der Waals surface area (Å²) in [6.45, 7) is 0.